The van der Waals surface area contributed by atoms with E-state index >= 15 is 0 Å². The van der Waals surface area contributed by atoms with E-state index in [0.717, 1.165) is 18.4 Å². The van der Waals surface area contributed by atoms with Gasteiger partial charge in [0.25, 0.3) is 0 Å². The van der Waals surface area contributed by atoms with Crippen LogP contribution in [0.2, 0.25) is 0 Å². The molecule has 2 nitrogen and oxygen atoms in total. The van der Waals surface area contributed by atoms with E-state index in [-0.39, 0.29) is 0 Å². The molecule has 0 radical (unpaired) electrons. The van der Waals surface area contributed by atoms with Gasteiger partial charge >= 0.3 is 0 Å². The molecule has 96 valence electrons. The fourth-order valence-electron chi connectivity index (χ4n) is 3.73. The highest BCUT2D eigenvalue weighted by Gasteiger charge is 2.58. The molecular weight excluding hydrogens is 242 g/mol. The van der Waals surface area contributed by atoms with Gasteiger partial charge in [0.15, 0.2) is 0 Å². The fourth-order valence-corrected chi connectivity index (χ4v) is 4.39. The average Bonchev–Trinajstić information content (AvgIpc) is 3.22. The first kappa shape index (κ1) is 11.0. The van der Waals surface area contributed by atoms with Gasteiger partial charge in [-0.3, -0.25) is 4.79 Å². The Balaban J connectivity index is 1.47. The van der Waals surface area contributed by atoms with Crippen LogP contribution in [0.3, 0.4) is 0 Å². The second-order valence-electron chi connectivity index (χ2n) is 6.11. The number of hydrogen-bond donors (Lipinski definition) is 0. The van der Waals surface area contributed by atoms with Crippen molar-refractivity contribution in [3.05, 3.63) is 22.4 Å². The van der Waals surface area contributed by atoms with Crippen molar-refractivity contribution < 1.29 is 4.79 Å². The lowest BCUT2D eigenvalue weighted by Crippen LogP contribution is -2.34. The molecular formula is C15H19NOS. The van der Waals surface area contributed by atoms with E-state index in [0.29, 0.717) is 17.9 Å². The molecule has 3 aliphatic carbocycles. The second-order valence-corrected chi connectivity index (χ2v) is 6.89. The van der Waals surface area contributed by atoms with E-state index < -0.39 is 0 Å². The van der Waals surface area contributed by atoms with Gasteiger partial charge in [0.2, 0.25) is 5.91 Å². The molecule has 1 heterocycles. The van der Waals surface area contributed by atoms with Crippen LogP contribution in [-0.2, 0) is 11.3 Å². The molecule has 3 saturated carbocycles. The molecule has 3 heteroatoms. The summed E-state index contributed by atoms with van der Waals surface area (Å²) in [6.45, 7) is 0.850. The molecule has 0 saturated heterocycles. The number of nitrogens with zero attached hydrogens (tertiary/aromatic N) is 1. The minimum absolute atomic E-state index is 0.401. The topological polar surface area (TPSA) is 20.3 Å². The highest BCUT2D eigenvalue weighted by Crippen LogP contribution is 2.58. The largest absolute Gasteiger partial charge is 0.335 e. The number of thiophene rings is 1. The van der Waals surface area contributed by atoms with Crippen LogP contribution < -0.4 is 0 Å². The van der Waals surface area contributed by atoms with Crippen molar-refractivity contribution in [2.24, 2.45) is 17.8 Å². The van der Waals surface area contributed by atoms with Crippen LogP contribution in [0, 0.1) is 17.8 Å². The third-order valence-electron chi connectivity index (χ3n) is 4.90. The van der Waals surface area contributed by atoms with Gasteiger partial charge in [-0.05, 0) is 59.9 Å². The molecule has 2 atom stereocenters. The minimum atomic E-state index is 0.401. The van der Waals surface area contributed by atoms with E-state index in [2.05, 4.69) is 21.7 Å². The molecule has 0 aromatic carbocycles. The molecule has 0 unspecified atom stereocenters. The summed E-state index contributed by atoms with van der Waals surface area (Å²) >= 11 is 1.73. The summed E-state index contributed by atoms with van der Waals surface area (Å²) in [7, 11) is 0. The molecule has 1 aromatic rings. The van der Waals surface area contributed by atoms with E-state index in [4.69, 9.17) is 0 Å². The van der Waals surface area contributed by atoms with E-state index in [1.807, 2.05) is 0 Å². The summed E-state index contributed by atoms with van der Waals surface area (Å²) in [5, 5.41) is 4.28. The SMILES string of the molecule is O=C(C1[C@H]2CCC[C@H]12)N(Cc1ccsc1)C1CC1. The number of hydrogen-bond acceptors (Lipinski definition) is 2. The number of fused-ring (bicyclic) bond motifs is 1. The van der Waals surface area contributed by atoms with Crippen molar-refractivity contribution in [2.75, 3.05) is 0 Å². The predicted molar refractivity (Wildman–Crippen MR) is 72.2 cm³/mol. The van der Waals surface area contributed by atoms with Gasteiger partial charge in [0.05, 0.1) is 0 Å². The van der Waals surface area contributed by atoms with Gasteiger partial charge in [0, 0.05) is 18.5 Å². The zero-order chi connectivity index (χ0) is 12.1. The molecule has 1 amide bonds. The maximum Gasteiger partial charge on any atom is 0.226 e. The molecule has 4 rings (SSSR count). The summed E-state index contributed by atoms with van der Waals surface area (Å²) in [4.78, 5) is 14.8. The average molecular weight is 261 g/mol. The lowest BCUT2D eigenvalue weighted by Gasteiger charge is -2.23. The second kappa shape index (κ2) is 4.09. The van der Waals surface area contributed by atoms with Crippen molar-refractivity contribution in [1.29, 1.82) is 0 Å². The van der Waals surface area contributed by atoms with Gasteiger partial charge in [-0.15, -0.1) is 0 Å². The van der Waals surface area contributed by atoms with Gasteiger partial charge in [-0.1, -0.05) is 6.42 Å². The van der Waals surface area contributed by atoms with Crippen LogP contribution in [0.25, 0.3) is 0 Å². The van der Waals surface area contributed by atoms with Gasteiger partial charge < -0.3 is 4.90 Å². The quantitative estimate of drug-likeness (QED) is 0.814. The Morgan fingerprint density at radius 1 is 1.28 bits per heavy atom. The van der Waals surface area contributed by atoms with E-state index in [1.165, 1.54) is 37.7 Å². The maximum absolute atomic E-state index is 12.7. The van der Waals surface area contributed by atoms with Crippen LogP contribution in [0.5, 0.6) is 0 Å². The Kier molecular flexibility index (Phi) is 2.51. The monoisotopic (exact) mass is 261 g/mol. The molecule has 3 aliphatic rings. The third kappa shape index (κ3) is 1.80. The lowest BCUT2D eigenvalue weighted by molar-refractivity contribution is -0.134. The van der Waals surface area contributed by atoms with Crippen molar-refractivity contribution in [3.63, 3.8) is 0 Å². The van der Waals surface area contributed by atoms with Gasteiger partial charge in [0.1, 0.15) is 0 Å². The van der Waals surface area contributed by atoms with Crippen LogP contribution in [-0.4, -0.2) is 16.8 Å². The van der Waals surface area contributed by atoms with Crippen molar-refractivity contribution in [2.45, 2.75) is 44.7 Å². The Morgan fingerprint density at radius 2 is 2.06 bits per heavy atom. The van der Waals surface area contributed by atoms with Crippen LogP contribution in [0.1, 0.15) is 37.7 Å². The summed E-state index contributed by atoms with van der Waals surface area (Å²) in [6, 6.07) is 2.71. The maximum atomic E-state index is 12.7. The number of carbonyl (C=O) groups excluding carboxylic acids is 1. The smallest absolute Gasteiger partial charge is 0.226 e. The molecule has 3 fully saturated rings. The predicted octanol–water partition coefficient (Wildman–Crippen LogP) is 3.29. The summed E-state index contributed by atoms with van der Waals surface area (Å²) in [5.74, 6) is 2.37. The van der Waals surface area contributed by atoms with Crippen molar-refractivity contribution in [1.82, 2.24) is 4.90 Å². The zero-order valence-corrected chi connectivity index (χ0v) is 11.4. The first-order valence-electron chi connectivity index (χ1n) is 7.16. The minimum Gasteiger partial charge on any atom is -0.335 e. The molecule has 0 spiro atoms. The first-order valence-corrected chi connectivity index (χ1v) is 8.10. The van der Waals surface area contributed by atoms with Crippen molar-refractivity contribution >= 4 is 17.2 Å². The highest BCUT2D eigenvalue weighted by molar-refractivity contribution is 7.07. The van der Waals surface area contributed by atoms with Gasteiger partial charge in [-0.25, -0.2) is 0 Å². The first-order chi connectivity index (χ1) is 8.84. The Bertz CT molecular complexity index is 441. The fraction of sp³-hybridized carbons (Fsp3) is 0.667. The van der Waals surface area contributed by atoms with E-state index in [1.54, 1.807) is 11.3 Å². The van der Waals surface area contributed by atoms with Crippen LogP contribution in [0.4, 0.5) is 0 Å². The number of rotatable bonds is 4. The Morgan fingerprint density at radius 3 is 2.67 bits per heavy atom. The highest BCUT2D eigenvalue weighted by atomic mass is 32.1. The molecule has 0 N–H and O–H groups in total. The molecule has 0 bridgehead atoms. The van der Waals surface area contributed by atoms with Gasteiger partial charge in [-0.2, -0.15) is 11.3 Å². The normalized spacial score (nSPS) is 33.2. The number of carbonyl (C=O) groups is 1. The Hall–Kier alpha value is -0.830. The Labute approximate surface area is 112 Å². The molecule has 0 aliphatic heterocycles. The summed E-state index contributed by atoms with van der Waals surface area (Å²) in [5.41, 5.74) is 1.31. The summed E-state index contributed by atoms with van der Waals surface area (Å²) in [6.07, 6.45) is 6.40. The number of amides is 1. The standard InChI is InChI=1S/C15H19NOS/c17-15(14-12-2-1-3-13(12)14)16(11-4-5-11)8-10-6-7-18-9-10/h6-7,9,11-14H,1-5,8H2/t12-,13-/m0/s1. The molecule has 1 aromatic heterocycles. The summed E-state index contributed by atoms with van der Waals surface area (Å²) < 4.78 is 0. The lowest BCUT2D eigenvalue weighted by atomic mass is 10.1. The molecule has 18 heavy (non-hydrogen) atoms. The van der Waals surface area contributed by atoms with E-state index in [9.17, 15) is 4.79 Å². The zero-order valence-electron chi connectivity index (χ0n) is 10.5. The van der Waals surface area contributed by atoms with Crippen molar-refractivity contribution in [3.8, 4) is 0 Å². The third-order valence-corrected chi connectivity index (χ3v) is 5.63. The van der Waals surface area contributed by atoms with Crippen LogP contribution >= 0.6 is 11.3 Å². The van der Waals surface area contributed by atoms with Crippen LogP contribution in [0.15, 0.2) is 16.8 Å².